The molecular formula is C28H35N3O6. The highest BCUT2D eigenvalue weighted by atomic mass is 16.6. The van der Waals surface area contributed by atoms with Crippen molar-refractivity contribution in [1.29, 1.82) is 0 Å². The monoisotopic (exact) mass is 509 g/mol. The SMILES string of the molecule is CC(C)C[C@H](NC(=O)OC(Cc1ccccc1)c1ccccc1)C(=O)N[C@@H](CC1CCNC1=O)C(=O)O. The van der Waals surface area contributed by atoms with Gasteiger partial charge in [-0.1, -0.05) is 74.5 Å². The van der Waals surface area contributed by atoms with Crippen molar-refractivity contribution in [2.45, 2.75) is 57.7 Å². The van der Waals surface area contributed by atoms with Crippen LogP contribution < -0.4 is 16.0 Å². The van der Waals surface area contributed by atoms with E-state index in [1.165, 1.54) is 0 Å². The number of benzene rings is 2. The van der Waals surface area contributed by atoms with Crippen LogP contribution in [0.25, 0.3) is 0 Å². The van der Waals surface area contributed by atoms with Gasteiger partial charge in [-0.15, -0.1) is 0 Å². The second-order valence-electron chi connectivity index (χ2n) is 9.73. The first-order chi connectivity index (χ1) is 17.7. The minimum absolute atomic E-state index is 0.0150. The smallest absolute Gasteiger partial charge is 0.408 e. The van der Waals surface area contributed by atoms with Crippen LogP contribution in [0.15, 0.2) is 60.7 Å². The normalized spacial score (nSPS) is 17.4. The third kappa shape index (κ3) is 8.63. The van der Waals surface area contributed by atoms with Crippen molar-refractivity contribution in [3.05, 3.63) is 71.8 Å². The van der Waals surface area contributed by atoms with Crippen molar-refractivity contribution in [3.8, 4) is 0 Å². The Morgan fingerprint density at radius 2 is 1.65 bits per heavy atom. The van der Waals surface area contributed by atoms with Gasteiger partial charge in [0.05, 0.1) is 0 Å². The Hall–Kier alpha value is -3.88. The number of aliphatic carboxylic acids is 1. The molecule has 0 spiro atoms. The quantitative estimate of drug-likeness (QED) is 0.347. The van der Waals surface area contributed by atoms with Gasteiger partial charge in [-0.25, -0.2) is 9.59 Å². The molecule has 3 amide bonds. The molecular weight excluding hydrogens is 474 g/mol. The molecule has 9 nitrogen and oxygen atoms in total. The topological polar surface area (TPSA) is 134 Å². The van der Waals surface area contributed by atoms with E-state index in [1.807, 2.05) is 74.5 Å². The summed E-state index contributed by atoms with van der Waals surface area (Å²) >= 11 is 0. The van der Waals surface area contributed by atoms with Crippen LogP contribution in [0.3, 0.4) is 0 Å². The molecule has 0 bridgehead atoms. The average Bonchev–Trinajstić information content (AvgIpc) is 3.27. The van der Waals surface area contributed by atoms with E-state index in [1.54, 1.807) is 0 Å². The van der Waals surface area contributed by atoms with Gasteiger partial charge in [0, 0.05) is 18.9 Å². The van der Waals surface area contributed by atoms with E-state index in [4.69, 9.17) is 4.74 Å². The predicted molar refractivity (Wildman–Crippen MR) is 137 cm³/mol. The Morgan fingerprint density at radius 1 is 1.00 bits per heavy atom. The molecule has 0 aliphatic carbocycles. The Labute approximate surface area is 217 Å². The standard InChI is InChI=1S/C28H35N3O6/c1-18(2)15-22(26(33)30-23(27(34)35)17-21-13-14-29-25(21)32)31-28(36)37-24(20-11-7-4-8-12-20)16-19-9-5-3-6-10-19/h3-12,18,21-24H,13-17H2,1-2H3,(H,29,32)(H,30,33)(H,31,36)(H,34,35)/t21?,22-,23-,24?/m0/s1. The van der Waals surface area contributed by atoms with Gasteiger partial charge in [-0.3, -0.25) is 9.59 Å². The van der Waals surface area contributed by atoms with Crippen molar-refractivity contribution in [2.24, 2.45) is 11.8 Å². The molecule has 1 aliphatic heterocycles. The summed E-state index contributed by atoms with van der Waals surface area (Å²) in [6.07, 6.45) is -0.123. The molecule has 1 fully saturated rings. The van der Waals surface area contributed by atoms with Crippen molar-refractivity contribution >= 4 is 23.9 Å². The van der Waals surface area contributed by atoms with E-state index in [-0.39, 0.29) is 24.7 Å². The lowest BCUT2D eigenvalue weighted by Crippen LogP contribution is -2.52. The van der Waals surface area contributed by atoms with Crippen LogP contribution in [-0.2, 0) is 25.5 Å². The summed E-state index contributed by atoms with van der Waals surface area (Å²) in [4.78, 5) is 49.8. The number of amides is 3. The van der Waals surface area contributed by atoms with Crippen molar-refractivity contribution < 1.29 is 29.0 Å². The van der Waals surface area contributed by atoms with Gasteiger partial charge in [0.15, 0.2) is 0 Å². The van der Waals surface area contributed by atoms with Crippen LogP contribution in [0.2, 0.25) is 0 Å². The summed E-state index contributed by atoms with van der Waals surface area (Å²) in [5.74, 6) is -2.52. The number of alkyl carbamates (subject to hydrolysis) is 1. The van der Waals surface area contributed by atoms with Crippen LogP contribution in [-0.4, -0.2) is 47.6 Å². The van der Waals surface area contributed by atoms with Crippen molar-refractivity contribution in [2.75, 3.05) is 6.54 Å². The molecule has 198 valence electrons. The highest BCUT2D eigenvalue weighted by Crippen LogP contribution is 2.23. The minimum Gasteiger partial charge on any atom is -0.480 e. The van der Waals surface area contributed by atoms with E-state index in [0.29, 0.717) is 19.4 Å². The summed E-state index contributed by atoms with van der Waals surface area (Å²) < 4.78 is 5.78. The zero-order valence-electron chi connectivity index (χ0n) is 21.2. The summed E-state index contributed by atoms with van der Waals surface area (Å²) in [5, 5.41) is 17.5. The first-order valence-corrected chi connectivity index (χ1v) is 12.6. The van der Waals surface area contributed by atoms with E-state index in [2.05, 4.69) is 16.0 Å². The van der Waals surface area contributed by atoms with Gasteiger partial charge in [-0.05, 0) is 36.3 Å². The largest absolute Gasteiger partial charge is 0.480 e. The van der Waals surface area contributed by atoms with Crippen molar-refractivity contribution in [3.63, 3.8) is 0 Å². The number of hydrogen-bond donors (Lipinski definition) is 4. The van der Waals surface area contributed by atoms with Gasteiger partial charge >= 0.3 is 12.1 Å². The number of carboxylic acid groups (broad SMARTS) is 1. The molecule has 2 aromatic rings. The molecule has 4 atom stereocenters. The number of nitrogens with one attached hydrogen (secondary N) is 3. The number of ether oxygens (including phenoxy) is 1. The van der Waals surface area contributed by atoms with Gasteiger partial charge < -0.3 is 25.8 Å². The number of hydrogen-bond acceptors (Lipinski definition) is 5. The number of carbonyl (C=O) groups excluding carboxylic acids is 3. The first-order valence-electron chi connectivity index (χ1n) is 12.6. The van der Waals surface area contributed by atoms with Gasteiger partial charge in [-0.2, -0.15) is 0 Å². The zero-order valence-corrected chi connectivity index (χ0v) is 21.2. The van der Waals surface area contributed by atoms with Crippen LogP contribution in [0, 0.1) is 11.8 Å². The Balaban J connectivity index is 1.69. The molecule has 1 saturated heterocycles. The molecule has 3 rings (SSSR count). The first kappa shape index (κ1) is 27.7. The number of rotatable bonds is 12. The average molecular weight is 510 g/mol. The molecule has 4 N–H and O–H groups in total. The van der Waals surface area contributed by atoms with E-state index in [0.717, 1.165) is 11.1 Å². The Kier molecular flexibility index (Phi) is 10.1. The van der Waals surface area contributed by atoms with E-state index in [9.17, 15) is 24.3 Å². The minimum atomic E-state index is -1.25. The summed E-state index contributed by atoms with van der Waals surface area (Å²) in [5.41, 5.74) is 1.80. The molecule has 37 heavy (non-hydrogen) atoms. The summed E-state index contributed by atoms with van der Waals surface area (Å²) in [6, 6.07) is 16.7. The molecule has 2 aromatic carbocycles. The fourth-order valence-corrected chi connectivity index (χ4v) is 4.38. The highest BCUT2D eigenvalue weighted by molar-refractivity contribution is 5.90. The fourth-order valence-electron chi connectivity index (χ4n) is 4.38. The lowest BCUT2D eigenvalue weighted by molar-refractivity contribution is -0.143. The molecule has 1 aliphatic rings. The summed E-state index contributed by atoms with van der Waals surface area (Å²) in [7, 11) is 0. The van der Waals surface area contributed by atoms with Crippen LogP contribution in [0.5, 0.6) is 0 Å². The number of carbonyl (C=O) groups is 4. The number of carboxylic acids is 1. The van der Waals surface area contributed by atoms with Gasteiger partial charge in [0.1, 0.15) is 18.2 Å². The maximum Gasteiger partial charge on any atom is 0.408 e. The molecule has 0 aromatic heterocycles. The maximum absolute atomic E-state index is 13.1. The van der Waals surface area contributed by atoms with E-state index < -0.39 is 42.1 Å². The maximum atomic E-state index is 13.1. The zero-order chi connectivity index (χ0) is 26.8. The summed E-state index contributed by atoms with van der Waals surface area (Å²) in [6.45, 7) is 4.28. The lowest BCUT2D eigenvalue weighted by Gasteiger charge is -2.25. The lowest BCUT2D eigenvalue weighted by atomic mass is 9.97. The molecule has 2 unspecified atom stereocenters. The fraction of sp³-hybridized carbons (Fsp3) is 0.429. The van der Waals surface area contributed by atoms with E-state index >= 15 is 0 Å². The third-order valence-corrected chi connectivity index (χ3v) is 6.30. The van der Waals surface area contributed by atoms with Gasteiger partial charge in [0.25, 0.3) is 0 Å². The molecule has 1 heterocycles. The van der Waals surface area contributed by atoms with Crippen LogP contribution >= 0.6 is 0 Å². The Bertz CT molecular complexity index is 1060. The second-order valence-corrected chi connectivity index (χ2v) is 9.73. The molecule has 9 heteroatoms. The van der Waals surface area contributed by atoms with Gasteiger partial charge in [0.2, 0.25) is 11.8 Å². The molecule has 0 saturated carbocycles. The highest BCUT2D eigenvalue weighted by Gasteiger charge is 2.33. The third-order valence-electron chi connectivity index (χ3n) is 6.30. The van der Waals surface area contributed by atoms with Crippen LogP contribution in [0.4, 0.5) is 4.79 Å². The Morgan fingerprint density at radius 3 is 2.22 bits per heavy atom. The van der Waals surface area contributed by atoms with Crippen LogP contribution in [0.1, 0.15) is 50.3 Å². The van der Waals surface area contributed by atoms with Crippen molar-refractivity contribution in [1.82, 2.24) is 16.0 Å². The predicted octanol–water partition coefficient (Wildman–Crippen LogP) is 3.21. The second kappa shape index (κ2) is 13.4. The molecule has 0 radical (unpaired) electrons.